The number of anilines is 1. The van der Waals surface area contributed by atoms with Crippen LogP contribution in [0.15, 0.2) is 126 Å². The highest BCUT2D eigenvalue weighted by Gasteiger charge is 2.47. The largest absolute Gasteiger partial charge is 0.478 e. The number of fused-ring (bicyclic) bond motifs is 3. The standard InChI is InChI=1S/C34H29N3O3S/c35-33(38)34(28-15-6-4-13-26(28)27-14-5-7-16-29(27)34)21-10-22-39-32-20-19-24(23-36-32)37-41-31-18-9-8-17-30(31)40-25-11-2-1-3-12-25/h1-9,11-20,23,37H,10,21-22H2,(H2,35,38). The van der Waals surface area contributed by atoms with E-state index in [0.29, 0.717) is 25.3 Å². The summed E-state index contributed by atoms with van der Waals surface area (Å²) in [4.78, 5) is 18.4. The molecule has 0 spiro atoms. The Balaban J connectivity index is 1.06. The molecule has 0 fully saturated rings. The molecule has 5 aromatic rings. The van der Waals surface area contributed by atoms with Crippen LogP contribution < -0.4 is 19.9 Å². The number of ether oxygens (including phenoxy) is 2. The maximum Gasteiger partial charge on any atom is 0.232 e. The minimum Gasteiger partial charge on any atom is -0.478 e. The van der Waals surface area contributed by atoms with Crippen LogP contribution in [0.5, 0.6) is 17.4 Å². The number of amides is 1. The average Bonchev–Trinajstić information content (AvgIpc) is 3.31. The van der Waals surface area contributed by atoms with Gasteiger partial charge < -0.3 is 19.9 Å². The lowest BCUT2D eigenvalue weighted by molar-refractivity contribution is -0.122. The number of hydrogen-bond donors (Lipinski definition) is 2. The Morgan fingerprint density at radius 1 is 0.805 bits per heavy atom. The fraction of sp³-hybridized carbons (Fsp3) is 0.118. The fourth-order valence-electron chi connectivity index (χ4n) is 5.37. The van der Waals surface area contributed by atoms with Crippen LogP contribution in [0.25, 0.3) is 11.1 Å². The molecule has 6 rings (SSSR count). The number of nitrogens with two attached hydrogens (primary N) is 1. The summed E-state index contributed by atoms with van der Waals surface area (Å²) in [5.41, 5.74) is 10.1. The number of hydrogen-bond acceptors (Lipinski definition) is 6. The zero-order valence-corrected chi connectivity index (χ0v) is 23.1. The van der Waals surface area contributed by atoms with Crippen molar-refractivity contribution in [2.24, 2.45) is 5.73 Å². The Kier molecular flexibility index (Phi) is 7.60. The highest BCUT2D eigenvalue weighted by Crippen LogP contribution is 2.51. The summed E-state index contributed by atoms with van der Waals surface area (Å²) < 4.78 is 15.3. The Hall–Kier alpha value is -4.75. The number of carbonyl (C=O) groups excluding carboxylic acids is 1. The summed E-state index contributed by atoms with van der Waals surface area (Å²) in [5.74, 6) is 1.74. The summed E-state index contributed by atoms with van der Waals surface area (Å²) in [6, 6.07) is 37.4. The highest BCUT2D eigenvalue weighted by atomic mass is 32.2. The van der Waals surface area contributed by atoms with E-state index in [-0.39, 0.29) is 5.91 Å². The van der Waals surface area contributed by atoms with Crippen molar-refractivity contribution in [2.45, 2.75) is 23.2 Å². The van der Waals surface area contributed by atoms with Gasteiger partial charge in [-0.3, -0.25) is 4.79 Å². The molecule has 3 N–H and O–H groups in total. The van der Waals surface area contributed by atoms with Crippen molar-refractivity contribution in [3.63, 3.8) is 0 Å². The van der Waals surface area contributed by atoms with E-state index < -0.39 is 5.41 Å². The number of aromatic nitrogens is 1. The summed E-state index contributed by atoms with van der Waals surface area (Å²) >= 11 is 1.45. The van der Waals surface area contributed by atoms with Crippen LogP contribution in [0.3, 0.4) is 0 Å². The summed E-state index contributed by atoms with van der Waals surface area (Å²) in [6.07, 6.45) is 2.93. The molecule has 1 aliphatic rings. The van der Waals surface area contributed by atoms with Crippen LogP contribution in [0.4, 0.5) is 5.69 Å². The summed E-state index contributed by atoms with van der Waals surface area (Å²) in [5, 5.41) is 0. The summed E-state index contributed by atoms with van der Waals surface area (Å²) in [6.45, 7) is 0.415. The van der Waals surface area contributed by atoms with Gasteiger partial charge in [0.2, 0.25) is 11.8 Å². The third kappa shape index (κ3) is 5.36. The molecule has 204 valence electrons. The van der Waals surface area contributed by atoms with Crippen molar-refractivity contribution < 1.29 is 14.3 Å². The average molecular weight is 560 g/mol. The molecule has 1 aliphatic carbocycles. The minimum absolute atomic E-state index is 0.336. The zero-order valence-electron chi connectivity index (χ0n) is 22.3. The zero-order chi connectivity index (χ0) is 28.1. The van der Waals surface area contributed by atoms with Gasteiger partial charge in [0.05, 0.1) is 28.8 Å². The van der Waals surface area contributed by atoms with Crippen molar-refractivity contribution in [1.82, 2.24) is 4.98 Å². The predicted octanol–water partition coefficient (Wildman–Crippen LogP) is 7.60. The molecule has 0 saturated carbocycles. The lowest BCUT2D eigenvalue weighted by atomic mass is 9.74. The quantitative estimate of drug-likeness (QED) is 0.128. The fourth-order valence-corrected chi connectivity index (χ4v) is 6.08. The van der Waals surface area contributed by atoms with Crippen LogP contribution in [0.1, 0.15) is 24.0 Å². The molecule has 0 bridgehead atoms. The van der Waals surface area contributed by atoms with Crippen molar-refractivity contribution in [1.29, 1.82) is 0 Å². The van der Waals surface area contributed by atoms with Crippen LogP contribution in [0.2, 0.25) is 0 Å². The number of para-hydroxylation sites is 2. The monoisotopic (exact) mass is 559 g/mol. The second-order valence-corrected chi connectivity index (χ2v) is 10.6. The third-order valence-corrected chi connectivity index (χ3v) is 8.16. The van der Waals surface area contributed by atoms with Gasteiger partial charge in [-0.05, 0) is 77.4 Å². The first-order valence-corrected chi connectivity index (χ1v) is 14.3. The maximum atomic E-state index is 13.0. The van der Waals surface area contributed by atoms with Gasteiger partial charge >= 0.3 is 0 Å². The number of pyridine rings is 1. The SMILES string of the molecule is NC(=O)C1(CCCOc2ccc(NSc3ccccc3Oc3ccccc3)cn2)c2ccccc2-c2ccccc21. The lowest BCUT2D eigenvalue weighted by Gasteiger charge is -2.28. The minimum atomic E-state index is -0.866. The van der Waals surface area contributed by atoms with Gasteiger partial charge in [0.15, 0.2) is 0 Å². The molecule has 1 aromatic heterocycles. The molecule has 0 radical (unpaired) electrons. The first kappa shape index (κ1) is 26.5. The van der Waals surface area contributed by atoms with E-state index in [9.17, 15) is 4.79 Å². The molecule has 1 amide bonds. The lowest BCUT2D eigenvalue weighted by Crippen LogP contribution is -2.41. The molecule has 4 aromatic carbocycles. The van der Waals surface area contributed by atoms with E-state index in [2.05, 4.69) is 21.8 Å². The Labute approximate surface area is 243 Å². The van der Waals surface area contributed by atoms with Gasteiger partial charge in [-0.25, -0.2) is 4.98 Å². The van der Waals surface area contributed by atoms with Crippen molar-refractivity contribution in [3.8, 4) is 28.5 Å². The van der Waals surface area contributed by atoms with Gasteiger partial charge in [-0.1, -0.05) is 78.9 Å². The number of primary amides is 1. The third-order valence-electron chi connectivity index (χ3n) is 7.27. The second kappa shape index (κ2) is 11.8. The number of benzene rings is 4. The number of carbonyl (C=O) groups is 1. The Morgan fingerprint density at radius 2 is 1.46 bits per heavy atom. The van der Waals surface area contributed by atoms with E-state index in [4.69, 9.17) is 15.2 Å². The predicted molar refractivity (Wildman–Crippen MR) is 163 cm³/mol. The van der Waals surface area contributed by atoms with E-state index in [1.165, 1.54) is 11.9 Å². The van der Waals surface area contributed by atoms with Crippen molar-refractivity contribution in [2.75, 3.05) is 11.3 Å². The van der Waals surface area contributed by atoms with Gasteiger partial charge in [0.25, 0.3) is 0 Å². The number of nitrogens with one attached hydrogen (secondary N) is 1. The number of nitrogens with zero attached hydrogens (tertiary/aromatic N) is 1. The molecule has 0 saturated heterocycles. The topological polar surface area (TPSA) is 86.5 Å². The van der Waals surface area contributed by atoms with Crippen molar-refractivity contribution >= 4 is 23.5 Å². The molecule has 1 heterocycles. The van der Waals surface area contributed by atoms with E-state index >= 15 is 0 Å². The Bertz CT molecular complexity index is 1610. The van der Waals surface area contributed by atoms with Crippen LogP contribution in [-0.2, 0) is 10.2 Å². The number of rotatable bonds is 11. The normalized spacial score (nSPS) is 12.7. The highest BCUT2D eigenvalue weighted by molar-refractivity contribution is 8.00. The molecule has 0 aliphatic heterocycles. The van der Waals surface area contributed by atoms with Gasteiger partial charge in [-0.15, -0.1) is 0 Å². The molecular weight excluding hydrogens is 530 g/mol. The smallest absolute Gasteiger partial charge is 0.232 e. The van der Waals surface area contributed by atoms with Gasteiger partial charge in [0, 0.05) is 6.07 Å². The first-order valence-electron chi connectivity index (χ1n) is 13.5. The first-order chi connectivity index (χ1) is 20.1. The second-order valence-electron chi connectivity index (χ2n) is 9.76. The van der Waals surface area contributed by atoms with Crippen LogP contribution in [0, 0.1) is 0 Å². The Morgan fingerprint density at radius 3 is 2.15 bits per heavy atom. The summed E-state index contributed by atoms with van der Waals surface area (Å²) in [7, 11) is 0. The van der Waals surface area contributed by atoms with Crippen molar-refractivity contribution in [3.05, 3.63) is 133 Å². The van der Waals surface area contributed by atoms with Gasteiger partial charge in [-0.2, -0.15) is 0 Å². The van der Waals surface area contributed by atoms with E-state index in [0.717, 1.165) is 44.3 Å². The molecule has 41 heavy (non-hydrogen) atoms. The maximum absolute atomic E-state index is 13.0. The van der Waals surface area contributed by atoms with Crippen LogP contribution >= 0.6 is 11.9 Å². The molecular formula is C34H29N3O3S. The molecule has 0 unspecified atom stereocenters. The molecule has 7 heteroatoms. The van der Waals surface area contributed by atoms with Gasteiger partial charge in [0.1, 0.15) is 11.5 Å². The van der Waals surface area contributed by atoms with Crippen LogP contribution in [-0.4, -0.2) is 17.5 Å². The van der Waals surface area contributed by atoms with E-state index in [1.807, 2.05) is 103 Å². The molecule has 0 atom stereocenters. The molecule has 6 nitrogen and oxygen atoms in total. The van der Waals surface area contributed by atoms with E-state index in [1.54, 1.807) is 6.20 Å².